The third-order valence-corrected chi connectivity index (χ3v) is 3.82. The molecule has 1 aliphatic rings. The summed E-state index contributed by atoms with van der Waals surface area (Å²) in [6, 6.07) is 8.76. The van der Waals surface area contributed by atoms with Crippen molar-refractivity contribution in [1.82, 2.24) is 0 Å². The quantitative estimate of drug-likeness (QED) is 0.823. The molecular weight excluding hydrogens is 196 g/mol. The lowest BCUT2D eigenvalue weighted by Crippen LogP contribution is -2.27. The van der Waals surface area contributed by atoms with Crippen molar-refractivity contribution >= 4 is 5.69 Å². The summed E-state index contributed by atoms with van der Waals surface area (Å²) >= 11 is 0. The normalized spacial score (nSPS) is 17.2. The van der Waals surface area contributed by atoms with Gasteiger partial charge in [-0.05, 0) is 38.3 Å². The molecule has 16 heavy (non-hydrogen) atoms. The number of benzene rings is 1. The molecule has 1 aromatic rings. The molecule has 0 heterocycles. The van der Waals surface area contributed by atoms with Crippen molar-refractivity contribution in [3.8, 4) is 0 Å². The Morgan fingerprint density at radius 3 is 2.31 bits per heavy atom. The average Bonchev–Trinajstić information content (AvgIpc) is 3.12. The minimum atomic E-state index is 0.291. The van der Waals surface area contributed by atoms with Gasteiger partial charge in [0.1, 0.15) is 0 Å². The van der Waals surface area contributed by atoms with Crippen LogP contribution in [0.25, 0.3) is 0 Å². The number of para-hydroxylation sites is 1. The van der Waals surface area contributed by atoms with Crippen LogP contribution in [0.5, 0.6) is 0 Å². The fourth-order valence-corrected chi connectivity index (χ4v) is 2.50. The standard InChI is InChI=1S/C14H22N2/c1-3-16(4-2)13-8-6-5-7-12(13)14(11-15)9-10-14/h5-8H,3-4,9-11,15H2,1-2H3. The molecule has 0 amide bonds. The molecule has 1 fully saturated rings. The third kappa shape index (κ3) is 1.82. The van der Waals surface area contributed by atoms with Crippen molar-refractivity contribution in [2.24, 2.45) is 5.73 Å². The van der Waals surface area contributed by atoms with E-state index in [0.717, 1.165) is 19.6 Å². The van der Waals surface area contributed by atoms with Crippen LogP contribution in [0, 0.1) is 0 Å². The van der Waals surface area contributed by atoms with Crippen LogP contribution in [-0.2, 0) is 5.41 Å². The molecule has 2 heteroatoms. The summed E-state index contributed by atoms with van der Waals surface area (Å²) in [6.07, 6.45) is 2.50. The van der Waals surface area contributed by atoms with Gasteiger partial charge in [0.2, 0.25) is 0 Å². The average molecular weight is 218 g/mol. The molecule has 88 valence electrons. The van der Waals surface area contributed by atoms with Crippen LogP contribution >= 0.6 is 0 Å². The summed E-state index contributed by atoms with van der Waals surface area (Å²) < 4.78 is 0. The summed E-state index contributed by atoms with van der Waals surface area (Å²) in [5.41, 5.74) is 9.07. The maximum atomic E-state index is 5.93. The molecule has 2 N–H and O–H groups in total. The molecule has 1 saturated carbocycles. The molecule has 2 nitrogen and oxygen atoms in total. The third-order valence-electron chi connectivity index (χ3n) is 3.82. The van der Waals surface area contributed by atoms with Gasteiger partial charge in [0.25, 0.3) is 0 Å². The highest BCUT2D eigenvalue weighted by Crippen LogP contribution is 2.50. The fourth-order valence-electron chi connectivity index (χ4n) is 2.50. The van der Waals surface area contributed by atoms with E-state index < -0.39 is 0 Å². The van der Waals surface area contributed by atoms with Crippen LogP contribution < -0.4 is 10.6 Å². The molecular formula is C14H22N2. The fraction of sp³-hybridized carbons (Fsp3) is 0.571. The second-order valence-corrected chi connectivity index (χ2v) is 4.67. The number of hydrogen-bond acceptors (Lipinski definition) is 2. The number of rotatable bonds is 5. The maximum absolute atomic E-state index is 5.93. The highest BCUT2D eigenvalue weighted by Gasteiger charge is 2.44. The van der Waals surface area contributed by atoms with Crippen LogP contribution in [0.3, 0.4) is 0 Å². The largest absolute Gasteiger partial charge is 0.372 e. The highest BCUT2D eigenvalue weighted by atomic mass is 15.1. The van der Waals surface area contributed by atoms with E-state index in [0.29, 0.717) is 5.41 Å². The van der Waals surface area contributed by atoms with E-state index in [1.165, 1.54) is 24.1 Å². The Kier molecular flexibility index (Phi) is 3.20. The van der Waals surface area contributed by atoms with E-state index in [1.807, 2.05) is 0 Å². The van der Waals surface area contributed by atoms with E-state index in [9.17, 15) is 0 Å². The van der Waals surface area contributed by atoms with Gasteiger partial charge in [0.05, 0.1) is 0 Å². The van der Waals surface area contributed by atoms with Crippen molar-refractivity contribution < 1.29 is 0 Å². The first kappa shape index (κ1) is 11.5. The van der Waals surface area contributed by atoms with E-state index in [-0.39, 0.29) is 0 Å². The second-order valence-electron chi connectivity index (χ2n) is 4.67. The van der Waals surface area contributed by atoms with Gasteiger partial charge in [-0.25, -0.2) is 0 Å². The van der Waals surface area contributed by atoms with Gasteiger partial charge in [-0.15, -0.1) is 0 Å². The molecule has 0 atom stereocenters. The van der Waals surface area contributed by atoms with Gasteiger partial charge in [0, 0.05) is 30.7 Å². The van der Waals surface area contributed by atoms with Crippen molar-refractivity contribution in [3.05, 3.63) is 29.8 Å². The maximum Gasteiger partial charge on any atom is 0.0404 e. The molecule has 0 unspecified atom stereocenters. The zero-order chi connectivity index (χ0) is 11.6. The molecule has 0 saturated heterocycles. The van der Waals surface area contributed by atoms with E-state index in [2.05, 4.69) is 43.0 Å². The Balaban J connectivity index is 2.38. The first-order chi connectivity index (χ1) is 7.77. The van der Waals surface area contributed by atoms with Crippen molar-refractivity contribution in [2.45, 2.75) is 32.1 Å². The number of nitrogens with zero attached hydrogens (tertiary/aromatic N) is 1. The Labute approximate surface area is 98.4 Å². The minimum absolute atomic E-state index is 0.291. The predicted octanol–water partition coefficient (Wildman–Crippen LogP) is 2.52. The molecule has 0 bridgehead atoms. The van der Waals surface area contributed by atoms with Crippen molar-refractivity contribution in [2.75, 3.05) is 24.5 Å². The topological polar surface area (TPSA) is 29.3 Å². The molecule has 1 aliphatic carbocycles. The van der Waals surface area contributed by atoms with Gasteiger partial charge < -0.3 is 10.6 Å². The summed E-state index contributed by atoms with van der Waals surface area (Å²) in [7, 11) is 0. The first-order valence-electron chi connectivity index (χ1n) is 6.32. The first-order valence-corrected chi connectivity index (χ1v) is 6.32. The molecule has 0 radical (unpaired) electrons. The SMILES string of the molecule is CCN(CC)c1ccccc1C1(CN)CC1. The van der Waals surface area contributed by atoms with Crippen LogP contribution in [0.2, 0.25) is 0 Å². The van der Waals surface area contributed by atoms with Crippen LogP contribution in [0.4, 0.5) is 5.69 Å². The lowest BCUT2D eigenvalue weighted by molar-refractivity contribution is 0.697. The number of anilines is 1. The molecule has 2 rings (SSSR count). The van der Waals surface area contributed by atoms with Gasteiger partial charge in [0.15, 0.2) is 0 Å². The Morgan fingerprint density at radius 2 is 1.81 bits per heavy atom. The zero-order valence-electron chi connectivity index (χ0n) is 10.4. The van der Waals surface area contributed by atoms with Crippen molar-refractivity contribution in [1.29, 1.82) is 0 Å². The molecule has 0 aromatic heterocycles. The molecule has 1 aromatic carbocycles. The number of hydrogen-bond donors (Lipinski definition) is 1. The Morgan fingerprint density at radius 1 is 1.19 bits per heavy atom. The lowest BCUT2D eigenvalue weighted by Gasteiger charge is -2.27. The van der Waals surface area contributed by atoms with Gasteiger partial charge >= 0.3 is 0 Å². The summed E-state index contributed by atoms with van der Waals surface area (Å²) in [6.45, 7) is 7.33. The van der Waals surface area contributed by atoms with Crippen LogP contribution in [0.15, 0.2) is 24.3 Å². The smallest absolute Gasteiger partial charge is 0.0404 e. The van der Waals surface area contributed by atoms with E-state index in [1.54, 1.807) is 0 Å². The van der Waals surface area contributed by atoms with Crippen LogP contribution in [-0.4, -0.2) is 19.6 Å². The zero-order valence-corrected chi connectivity index (χ0v) is 10.4. The monoisotopic (exact) mass is 218 g/mol. The Hall–Kier alpha value is -1.02. The molecule has 0 aliphatic heterocycles. The van der Waals surface area contributed by atoms with Gasteiger partial charge in [-0.3, -0.25) is 0 Å². The van der Waals surface area contributed by atoms with Gasteiger partial charge in [-0.2, -0.15) is 0 Å². The lowest BCUT2D eigenvalue weighted by atomic mass is 9.94. The number of nitrogens with two attached hydrogens (primary N) is 1. The van der Waals surface area contributed by atoms with Crippen LogP contribution in [0.1, 0.15) is 32.3 Å². The predicted molar refractivity (Wildman–Crippen MR) is 70.0 cm³/mol. The van der Waals surface area contributed by atoms with E-state index >= 15 is 0 Å². The van der Waals surface area contributed by atoms with Crippen molar-refractivity contribution in [3.63, 3.8) is 0 Å². The second kappa shape index (κ2) is 4.46. The summed E-state index contributed by atoms with van der Waals surface area (Å²) in [5.74, 6) is 0. The van der Waals surface area contributed by atoms with Gasteiger partial charge in [-0.1, -0.05) is 18.2 Å². The van der Waals surface area contributed by atoms with E-state index in [4.69, 9.17) is 5.73 Å². The minimum Gasteiger partial charge on any atom is -0.372 e. The molecule has 0 spiro atoms. The Bertz CT molecular complexity index is 352. The summed E-state index contributed by atoms with van der Waals surface area (Å²) in [4.78, 5) is 2.42. The summed E-state index contributed by atoms with van der Waals surface area (Å²) in [5, 5.41) is 0. The highest BCUT2D eigenvalue weighted by molar-refractivity contribution is 5.58.